The minimum Gasteiger partial charge on any atom is -0.316 e. The van der Waals surface area contributed by atoms with Crippen LogP contribution in [0, 0.1) is 4.35 Å². The van der Waals surface area contributed by atoms with Crippen LogP contribution in [0.1, 0.15) is 76.6 Å². The van der Waals surface area contributed by atoms with E-state index in [1.807, 2.05) is 52.0 Å². The van der Waals surface area contributed by atoms with Gasteiger partial charge in [-0.25, -0.2) is 0 Å². The minimum absolute atomic E-state index is 0. The van der Waals surface area contributed by atoms with Gasteiger partial charge in [0, 0.05) is 14.2 Å². The van der Waals surface area contributed by atoms with E-state index in [1.54, 1.807) is 47.9 Å². The first kappa shape index (κ1) is 93.3. The van der Waals surface area contributed by atoms with Gasteiger partial charge in [0.25, 0.3) is 0 Å². The number of nitrogens with one attached hydrogen (secondary N) is 3. The molecule has 1 fully saturated rings. The zero-order chi connectivity index (χ0) is 65.7. The summed E-state index contributed by atoms with van der Waals surface area (Å²) in [5.74, 6) is 1.22. The summed E-state index contributed by atoms with van der Waals surface area (Å²) >= 11 is 1.67. The van der Waals surface area contributed by atoms with Gasteiger partial charge in [0.15, 0.2) is 0 Å². The Labute approximate surface area is 567 Å². The molecule has 1 aliphatic rings. The molecule has 3 N–H and O–H groups in total. The summed E-state index contributed by atoms with van der Waals surface area (Å²) in [7, 11) is 1.54. The van der Waals surface area contributed by atoms with Gasteiger partial charge in [0.1, 0.15) is 0 Å². The van der Waals surface area contributed by atoms with Crippen molar-refractivity contribution in [3.8, 4) is 0 Å². The summed E-state index contributed by atoms with van der Waals surface area (Å²) in [6.45, 7) is 25.6. The molecule has 25 heteroatoms. The second-order valence-electron chi connectivity index (χ2n) is 19.0. The molecule has 0 aliphatic carbocycles. The first-order chi connectivity index (χ1) is 42.7. The van der Waals surface area contributed by atoms with E-state index in [4.69, 9.17) is 31.5 Å². The molecule has 4 aromatic carbocycles. The molecular formula is C64H114AlBN3O9P11. The predicted octanol–water partition coefficient (Wildman–Crippen LogP) is 18.9. The Morgan fingerprint density at radius 1 is 0.539 bits per heavy atom. The second-order valence-corrected chi connectivity index (χ2v) is 37.5. The van der Waals surface area contributed by atoms with Crippen LogP contribution in [0.5, 0.6) is 0 Å². The van der Waals surface area contributed by atoms with Crippen LogP contribution in [0.4, 0.5) is 0 Å². The molecule has 4 radical (unpaired) electrons. The van der Waals surface area contributed by atoms with Crippen molar-refractivity contribution in [2.24, 2.45) is 0 Å². The fourth-order valence-corrected chi connectivity index (χ4v) is 26.5. The van der Waals surface area contributed by atoms with Crippen molar-refractivity contribution in [3.05, 3.63) is 182 Å². The molecule has 0 aromatic heterocycles. The zero-order valence-corrected chi connectivity index (χ0v) is 66.9. The third kappa shape index (κ3) is 54.9. The molecule has 5 atom stereocenters. The van der Waals surface area contributed by atoms with Crippen LogP contribution in [0.2, 0.25) is 0 Å². The van der Waals surface area contributed by atoms with Gasteiger partial charge in [-0.2, -0.15) is 0 Å². The Morgan fingerprint density at radius 3 is 1.17 bits per heavy atom. The number of benzene rings is 4. The Kier molecular flexibility index (Phi) is 70.0. The van der Waals surface area contributed by atoms with E-state index in [0.29, 0.717) is 52.0 Å². The summed E-state index contributed by atoms with van der Waals surface area (Å²) in [6, 6.07) is 42.6. The maximum absolute atomic E-state index is 12.8. The summed E-state index contributed by atoms with van der Waals surface area (Å²) in [4.78, 5) is 0. The van der Waals surface area contributed by atoms with Gasteiger partial charge >= 0.3 is 43.2 Å². The monoisotopic (exact) mass is 1450 g/mol. The topological polar surface area (TPSA) is 155 Å². The van der Waals surface area contributed by atoms with Crippen LogP contribution in [-0.2, 0) is 65.5 Å². The maximum Gasteiger partial charge on any atom is -0.00117 e. The molecule has 500 valence electrons. The van der Waals surface area contributed by atoms with Crippen LogP contribution >= 0.6 is 91.4 Å². The van der Waals surface area contributed by atoms with Crippen molar-refractivity contribution in [1.82, 2.24) is 10.6 Å². The van der Waals surface area contributed by atoms with Crippen LogP contribution < -0.4 is 10.6 Å². The van der Waals surface area contributed by atoms with Gasteiger partial charge in [0.2, 0.25) is 0 Å². The Balaban J connectivity index is -0.00000107. The van der Waals surface area contributed by atoms with Crippen molar-refractivity contribution >= 4 is 116 Å². The molecule has 1 heterocycles. The van der Waals surface area contributed by atoms with Gasteiger partial charge in [-0.1, -0.05) is 141 Å². The molecule has 4 aromatic rings. The first-order valence-corrected chi connectivity index (χ1v) is 47.5. The predicted molar refractivity (Wildman–Crippen MR) is 418 cm³/mol. The van der Waals surface area contributed by atoms with Crippen molar-refractivity contribution in [1.29, 1.82) is 4.35 Å². The average Bonchev–Trinajstić information content (AvgIpc) is 3.51. The molecular weight excluding hydrogens is 1330 g/mol. The fraction of sp³-hybridized carbons (Fsp3) is 0.531. The van der Waals surface area contributed by atoms with Crippen LogP contribution in [0.15, 0.2) is 159 Å². The third-order valence-electron chi connectivity index (χ3n) is 12.1. The number of hydrogen-bond acceptors (Lipinski definition) is 12. The smallest absolute Gasteiger partial charge is 0.00117 e. The van der Waals surface area contributed by atoms with Gasteiger partial charge in [-0.05, 0) is 201 Å². The largest absolute Gasteiger partial charge is 0.316 e. The summed E-state index contributed by atoms with van der Waals surface area (Å²) in [5.41, 5.74) is 5.67. The number of hydrogen-bond donors (Lipinski definition) is 3. The van der Waals surface area contributed by atoms with E-state index in [9.17, 15) is 13.7 Å². The van der Waals surface area contributed by atoms with Gasteiger partial charge < -0.3 is 37.8 Å². The normalized spacial score (nSPS) is 14.2. The first-order valence-electron chi connectivity index (χ1n) is 30.8. The number of rotatable bonds is 32. The van der Waals surface area contributed by atoms with Crippen LogP contribution in [0.3, 0.4) is 0 Å². The molecule has 5 unspecified atom stereocenters. The SMILES string of the molecule is C=CNC=C.C=CP(=O)(OCC)OCC.CCOP(=O)(CCP(CCP(=O)(OCC)OCC)Cc1ccccc1)OCC.PCCP(CCP)Cc1ccccc1.PCc1ccccc1.[B].[NH]=[Al].c1ccc(CP2CCCPCCNCCPCCC2)cc1. The molecule has 12 nitrogen and oxygen atoms in total. The van der Waals surface area contributed by atoms with Gasteiger partial charge in [0.05, 0.1) is 52.0 Å². The van der Waals surface area contributed by atoms with E-state index in [-0.39, 0.29) is 24.3 Å². The summed E-state index contributed by atoms with van der Waals surface area (Å²) in [5, 5.41) is 6.24. The Bertz CT molecular complexity index is 2270. The molecule has 89 heavy (non-hydrogen) atoms. The van der Waals surface area contributed by atoms with Crippen LogP contribution in [-0.4, -0.2) is 164 Å². The standard InChI is InChI=1S/C19H35O6P3.C17H30NP3.C11H19P3.C7H9P.C6H13O3P.C4H7N.Al.B.HN/c1-5-22-27(20,23-6-2)16-14-26(18-19-12-10-9-11-13-19)15-17-28(21,24-7-3)25-8-4;1-2-6-17(7-3-1)16-21-14-4-10-19-12-8-18-9-13-20-11-5-15-21;12-6-8-14(9-7-13)10-11-4-2-1-3-5-11;8-6-7-4-2-1-3-5-7;1-4-8-10(7,6-3)9-5-2;1-3-5-4-2;;;/h9-13H,5-8,14-18H2,1-4H3;1-3,6-7,18-20H,4-5,8-16H2;1-5H,6-10,12-13H2;1-5H,6,8H2;6H,3-5H2,1-2H3;3-5H,1-2H2;;;1H. The van der Waals surface area contributed by atoms with E-state index in [0.717, 1.165) is 24.6 Å². The molecule has 1 aliphatic heterocycles. The van der Waals surface area contributed by atoms with Crippen molar-refractivity contribution in [2.45, 2.75) is 79.0 Å². The van der Waals surface area contributed by atoms with E-state index >= 15 is 0 Å². The molecule has 0 amide bonds. The molecule has 0 saturated carbocycles. The van der Waals surface area contributed by atoms with Crippen molar-refractivity contribution < 1.29 is 40.8 Å². The quantitative estimate of drug-likeness (QED) is 0.0316. The average molecular weight is 1450 g/mol. The molecule has 0 bridgehead atoms. The van der Waals surface area contributed by atoms with E-state index < -0.39 is 30.7 Å². The van der Waals surface area contributed by atoms with Gasteiger partial charge in [-0.3, -0.25) is 13.7 Å². The molecule has 1 saturated heterocycles. The third-order valence-corrected chi connectivity index (χ3v) is 31.1. The Hall–Kier alpha value is 0.147. The second kappa shape index (κ2) is 66.7. The van der Waals surface area contributed by atoms with Gasteiger partial charge in [-0.15, -0.1) is 68.6 Å². The molecule has 0 spiro atoms. The zero-order valence-electron chi connectivity index (χ0n) is 54.9. The van der Waals surface area contributed by atoms with E-state index in [2.05, 4.69) is 155 Å². The fourth-order valence-electron chi connectivity index (χ4n) is 8.13. The molecule has 5 rings (SSSR count). The van der Waals surface area contributed by atoms with Crippen molar-refractivity contribution in [3.63, 3.8) is 0 Å². The maximum atomic E-state index is 12.8. The van der Waals surface area contributed by atoms with E-state index in [1.165, 1.54) is 140 Å². The summed E-state index contributed by atoms with van der Waals surface area (Å²) in [6.07, 6.45) is 26.9. The minimum atomic E-state index is -3.08. The van der Waals surface area contributed by atoms with Crippen LogP contribution in [0.25, 0.3) is 0 Å². The van der Waals surface area contributed by atoms with Crippen molar-refractivity contribution in [2.75, 3.05) is 139 Å². The summed E-state index contributed by atoms with van der Waals surface area (Å²) < 4.78 is 74.0. The Morgan fingerprint density at radius 2 is 0.876 bits per heavy atom.